The average molecular weight is 374 g/mol. The fourth-order valence-corrected chi connectivity index (χ4v) is 3.05. The molecule has 2 N–H and O–H groups in total. The molecule has 138 valence electrons. The zero-order valence-electron chi connectivity index (χ0n) is 15.0. The molecule has 0 unspecified atom stereocenters. The lowest BCUT2D eigenvalue weighted by molar-refractivity contribution is 0.174. The zero-order chi connectivity index (χ0) is 18.5. The number of nitrogens with one attached hydrogen (secondary N) is 2. The number of benzene rings is 2. The maximum Gasteiger partial charge on any atom is 0.231 e. The number of anilines is 1. The van der Waals surface area contributed by atoms with Crippen molar-refractivity contribution in [1.29, 1.82) is 0 Å². The van der Waals surface area contributed by atoms with E-state index in [0.717, 1.165) is 23.4 Å². The molecule has 1 heterocycles. The Kier molecular flexibility index (Phi) is 5.68. The van der Waals surface area contributed by atoms with Crippen LogP contribution in [0.1, 0.15) is 24.9 Å². The van der Waals surface area contributed by atoms with Crippen LogP contribution in [0.3, 0.4) is 0 Å². The number of hydrogen-bond acceptors (Lipinski definition) is 5. The highest BCUT2D eigenvalue weighted by Gasteiger charge is 2.16. The van der Waals surface area contributed by atoms with Crippen LogP contribution < -0.4 is 29.6 Å². The SMILES string of the molecule is CC[C@@H](NC(=S)Nc1ccc2c(c1)OCO2)c1ccc(OC)c(OC)c1. The molecule has 1 aliphatic rings. The van der Waals surface area contributed by atoms with Crippen LogP contribution >= 0.6 is 12.2 Å². The molecular formula is C19H22N2O4S. The first-order chi connectivity index (χ1) is 12.6. The number of ether oxygens (including phenoxy) is 4. The third kappa shape index (κ3) is 3.94. The molecule has 0 amide bonds. The second-order valence-electron chi connectivity index (χ2n) is 5.74. The van der Waals surface area contributed by atoms with E-state index in [0.29, 0.717) is 22.4 Å². The minimum Gasteiger partial charge on any atom is -0.493 e. The number of methoxy groups -OCH3 is 2. The molecule has 0 bridgehead atoms. The van der Waals surface area contributed by atoms with Gasteiger partial charge in [0.05, 0.1) is 20.3 Å². The molecule has 0 aromatic heterocycles. The van der Waals surface area contributed by atoms with Crippen LogP contribution in [0, 0.1) is 0 Å². The number of rotatable bonds is 6. The minimum atomic E-state index is 0.0452. The molecule has 0 aliphatic carbocycles. The molecule has 1 aliphatic heterocycles. The normalized spacial score (nSPS) is 13.0. The van der Waals surface area contributed by atoms with Crippen molar-refractivity contribution in [2.45, 2.75) is 19.4 Å². The average Bonchev–Trinajstić information content (AvgIpc) is 3.13. The summed E-state index contributed by atoms with van der Waals surface area (Å²) in [6.45, 7) is 2.34. The van der Waals surface area contributed by atoms with Gasteiger partial charge in [0, 0.05) is 11.8 Å². The van der Waals surface area contributed by atoms with Gasteiger partial charge in [0.25, 0.3) is 0 Å². The van der Waals surface area contributed by atoms with E-state index in [9.17, 15) is 0 Å². The van der Waals surface area contributed by atoms with Crippen molar-refractivity contribution in [1.82, 2.24) is 5.32 Å². The van der Waals surface area contributed by atoms with Gasteiger partial charge in [-0.25, -0.2) is 0 Å². The summed E-state index contributed by atoms with van der Waals surface area (Å²) in [6.07, 6.45) is 0.860. The molecular weight excluding hydrogens is 352 g/mol. The molecule has 7 heteroatoms. The molecule has 1 atom stereocenters. The molecule has 6 nitrogen and oxygen atoms in total. The van der Waals surface area contributed by atoms with Gasteiger partial charge in [0.1, 0.15) is 0 Å². The first-order valence-electron chi connectivity index (χ1n) is 8.33. The fraction of sp³-hybridized carbons (Fsp3) is 0.316. The predicted octanol–water partition coefficient (Wildman–Crippen LogP) is 3.87. The minimum absolute atomic E-state index is 0.0452. The van der Waals surface area contributed by atoms with Gasteiger partial charge in [-0.2, -0.15) is 0 Å². The Hall–Kier alpha value is -2.67. The summed E-state index contributed by atoms with van der Waals surface area (Å²) in [4.78, 5) is 0. The Morgan fingerprint density at radius 3 is 2.58 bits per heavy atom. The van der Waals surface area contributed by atoms with Crippen molar-refractivity contribution in [2.75, 3.05) is 26.3 Å². The standard InChI is InChI=1S/C19H22N2O4S/c1-4-14(12-5-7-15(22-2)17(9-12)23-3)21-19(26)20-13-6-8-16-18(10-13)25-11-24-16/h5-10,14H,4,11H2,1-3H3,(H2,20,21,26)/t14-/m1/s1. The number of hydrogen-bond donors (Lipinski definition) is 2. The highest BCUT2D eigenvalue weighted by atomic mass is 32.1. The van der Waals surface area contributed by atoms with E-state index >= 15 is 0 Å². The van der Waals surface area contributed by atoms with E-state index in [1.165, 1.54) is 0 Å². The van der Waals surface area contributed by atoms with E-state index in [2.05, 4.69) is 17.6 Å². The Morgan fingerprint density at radius 2 is 1.85 bits per heavy atom. The maximum atomic E-state index is 5.47. The Balaban J connectivity index is 1.68. The van der Waals surface area contributed by atoms with Gasteiger partial charge in [-0.1, -0.05) is 13.0 Å². The van der Waals surface area contributed by atoms with Gasteiger partial charge >= 0.3 is 0 Å². The molecule has 0 spiro atoms. The van der Waals surface area contributed by atoms with Crippen LogP contribution in [-0.4, -0.2) is 26.1 Å². The molecule has 2 aromatic carbocycles. The summed E-state index contributed by atoms with van der Waals surface area (Å²) in [7, 11) is 3.25. The molecule has 0 saturated carbocycles. The van der Waals surface area contributed by atoms with Crippen molar-refractivity contribution < 1.29 is 18.9 Å². The molecule has 3 rings (SSSR count). The van der Waals surface area contributed by atoms with Crippen LogP contribution in [0.15, 0.2) is 36.4 Å². The third-order valence-electron chi connectivity index (χ3n) is 4.15. The Labute approximate surface area is 158 Å². The lowest BCUT2D eigenvalue weighted by atomic mass is 10.0. The quantitative estimate of drug-likeness (QED) is 0.744. The smallest absolute Gasteiger partial charge is 0.231 e. The van der Waals surface area contributed by atoms with Crippen LogP contribution in [0.4, 0.5) is 5.69 Å². The van der Waals surface area contributed by atoms with Gasteiger partial charge in [-0.05, 0) is 48.5 Å². The third-order valence-corrected chi connectivity index (χ3v) is 4.37. The molecule has 0 fully saturated rings. The summed E-state index contributed by atoms with van der Waals surface area (Å²) < 4.78 is 21.4. The van der Waals surface area contributed by atoms with Crippen molar-refractivity contribution in [3.8, 4) is 23.0 Å². The summed E-state index contributed by atoms with van der Waals surface area (Å²) in [5.41, 5.74) is 1.91. The molecule has 0 saturated heterocycles. The lowest BCUT2D eigenvalue weighted by Gasteiger charge is -2.21. The van der Waals surface area contributed by atoms with Crippen LogP contribution in [0.25, 0.3) is 0 Å². The van der Waals surface area contributed by atoms with Crippen LogP contribution in [0.2, 0.25) is 0 Å². The van der Waals surface area contributed by atoms with E-state index < -0.39 is 0 Å². The Bertz CT molecular complexity index is 797. The first-order valence-corrected chi connectivity index (χ1v) is 8.74. The van der Waals surface area contributed by atoms with Crippen molar-refractivity contribution in [3.05, 3.63) is 42.0 Å². The highest BCUT2D eigenvalue weighted by molar-refractivity contribution is 7.80. The van der Waals surface area contributed by atoms with Gasteiger partial charge in [0.2, 0.25) is 6.79 Å². The van der Waals surface area contributed by atoms with E-state index in [-0.39, 0.29) is 12.8 Å². The number of thiocarbonyl (C=S) groups is 1. The first kappa shape index (κ1) is 18.1. The largest absolute Gasteiger partial charge is 0.493 e. The Morgan fingerprint density at radius 1 is 1.08 bits per heavy atom. The van der Waals surface area contributed by atoms with Gasteiger partial charge in [-0.15, -0.1) is 0 Å². The van der Waals surface area contributed by atoms with Crippen LogP contribution in [-0.2, 0) is 0 Å². The van der Waals surface area contributed by atoms with Gasteiger partial charge in [0.15, 0.2) is 28.1 Å². The summed E-state index contributed by atoms with van der Waals surface area (Å²) >= 11 is 5.47. The van der Waals surface area contributed by atoms with Gasteiger partial charge in [-0.3, -0.25) is 0 Å². The van der Waals surface area contributed by atoms with E-state index in [1.807, 2.05) is 36.4 Å². The highest BCUT2D eigenvalue weighted by Crippen LogP contribution is 2.34. The predicted molar refractivity (Wildman–Crippen MR) is 104 cm³/mol. The van der Waals surface area contributed by atoms with Gasteiger partial charge < -0.3 is 29.6 Å². The second kappa shape index (κ2) is 8.14. The summed E-state index contributed by atoms with van der Waals surface area (Å²) in [5.74, 6) is 2.85. The summed E-state index contributed by atoms with van der Waals surface area (Å²) in [6, 6.07) is 11.5. The molecule has 2 aromatic rings. The zero-order valence-corrected chi connectivity index (χ0v) is 15.8. The monoisotopic (exact) mass is 374 g/mol. The number of fused-ring (bicyclic) bond motifs is 1. The maximum absolute atomic E-state index is 5.47. The lowest BCUT2D eigenvalue weighted by Crippen LogP contribution is -2.32. The molecule has 26 heavy (non-hydrogen) atoms. The second-order valence-corrected chi connectivity index (χ2v) is 6.15. The van der Waals surface area contributed by atoms with Crippen molar-refractivity contribution in [2.24, 2.45) is 0 Å². The van der Waals surface area contributed by atoms with E-state index in [4.69, 9.17) is 31.2 Å². The topological polar surface area (TPSA) is 61.0 Å². The summed E-state index contributed by atoms with van der Waals surface area (Å²) in [5, 5.41) is 7.06. The van der Waals surface area contributed by atoms with Crippen molar-refractivity contribution >= 4 is 23.0 Å². The fourth-order valence-electron chi connectivity index (χ4n) is 2.79. The van der Waals surface area contributed by atoms with Crippen LogP contribution in [0.5, 0.6) is 23.0 Å². The van der Waals surface area contributed by atoms with Crippen molar-refractivity contribution in [3.63, 3.8) is 0 Å². The van der Waals surface area contributed by atoms with E-state index in [1.54, 1.807) is 14.2 Å². The molecule has 0 radical (unpaired) electrons.